The second-order valence-electron chi connectivity index (χ2n) is 5.44. The molecule has 0 radical (unpaired) electrons. The molecule has 144 valence electrons. The molecule has 0 unspecified atom stereocenters. The van der Waals surface area contributed by atoms with Crippen molar-refractivity contribution in [2.45, 2.75) is 0 Å². The maximum Gasteiger partial charge on any atom is 0.462 e. The smallest absolute Gasteiger partial charge is 0.333 e. The number of hydrogen-bond acceptors (Lipinski definition) is 7. The van der Waals surface area contributed by atoms with Crippen molar-refractivity contribution in [3.8, 4) is 0 Å². The van der Waals surface area contributed by atoms with E-state index in [-0.39, 0.29) is 33.3 Å². The predicted octanol–water partition coefficient (Wildman–Crippen LogP) is 2.82. The van der Waals surface area contributed by atoms with Gasteiger partial charge in [0.2, 0.25) is 5.95 Å². The van der Waals surface area contributed by atoms with Gasteiger partial charge in [-0.25, -0.2) is 4.79 Å². The van der Waals surface area contributed by atoms with Gasteiger partial charge in [0.25, 0.3) is 17.6 Å². The number of rotatable bonds is 7. The Morgan fingerprint density at radius 1 is 1.18 bits per heavy atom. The standard InChI is InChI=1S/C17H14Cl2N6O3/c1-3-8-24(9-4-2)14-21-15(25-16(22-14)23-17(27)28-25)20-13(26)12-10(18)6-5-7-11(12)19/h3-7H,1-2,8-9H2,(H,20,21,22,23,26,27). The maximum atomic E-state index is 12.7. The number of anilines is 2. The Morgan fingerprint density at radius 2 is 1.82 bits per heavy atom. The summed E-state index contributed by atoms with van der Waals surface area (Å²) in [6.07, 6.45) is 3.29. The minimum absolute atomic E-state index is 0.0515. The lowest BCUT2D eigenvalue weighted by atomic mass is 10.2. The third kappa shape index (κ3) is 3.90. The second-order valence-corrected chi connectivity index (χ2v) is 6.26. The number of amides is 1. The summed E-state index contributed by atoms with van der Waals surface area (Å²) in [6.45, 7) is 8.16. The van der Waals surface area contributed by atoms with Crippen LogP contribution in [0.4, 0.5) is 11.9 Å². The quantitative estimate of drug-likeness (QED) is 0.585. The largest absolute Gasteiger partial charge is 0.462 e. The van der Waals surface area contributed by atoms with Gasteiger partial charge in [-0.3, -0.25) is 10.1 Å². The van der Waals surface area contributed by atoms with E-state index in [2.05, 4.69) is 33.4 Å². The fourth-order valence-corrected chi connectivity index (χ4v) is 2.95. The zero-order valence-electron chi connectivity index (χ0n) is 14.4. The Morgan fingerprint density at radius 3 is 2.43 bits per heavy atom. The zero-order valence-corrected chi connectivity index (χ0v) is 15.9. The molecule has 0 spiro atoms. The van der Waals surface area contributed by atoms with Crippen molar-refractivity contribution in [3.05, 3.63) is 69.7 Å². The first-order valence-corrected chi connectivity index (χ1v) is 8.70. The van der Waals surface area contributed by atoms with Gasteiger partial charge >= 0.3 is 5.76 Å². The minimum Gasteiger partial charge on any atom is -0.333 e. The maximum absolute atomic E-state index is 12.7. The van der Waals surface area contributed by atoms with Crippen LogP contribution in [0.2, 0.25) is 10.0 Å². The molecule has 3 aromatic rings. The Balaban J connectivity index is 2.08. The molecule has 1 N–H and O–H groups in total. The van der Waals surface area contributed by atoms with E-state index >= 15 is 0 Å². The number of nitrogens with one attached hydrogen (secondary N) is 1. The van der Waals surface area contributed by atoms with Crippen LogP contribution >= 0.6 is 23.2 Å². The summed E-state index contributed by atoms with van der Waals surface area (Å²) in [7, 11) is 0. The summed E-state index contributed by atoms with van der Waals surface area (Å²) < 4.78 is 5.85. The Hall–Kier alpha value is -3.17. The summed E-state index contributed by atoms with van der Waals surface area (Å²) >= 11 is 12.2. The average Bonchev–Trinajstić information content (AvgIpc) is 3.02. The zero-order chi connectivity index (χ0) is 20.3. The first-order valence-electron chi connectivity index (χ1n) is 7.94. The molecule has 3 rings (SSSR count). The first-order chi connectivity index (χ1) is 13.4. The number of benzene rings is 1. The highest BCUT2D eigenvalue weighted by Gasteiger charge is 2.20. The van der Waals surface area contributed by atoms with Gasteiger partial charge in [-0.05, 0) is 12.1 Å². The van der Waals surface area contributed by atoms with Gasteiger partial charge < -0.3 is 9.42 Å². The number of halogens is 2. The van der Waals surface area contributed by atoms with Crippen LogP contribution in [0.3, 0.4) is 0 Å². The fourth-order valence-electron chi connectivity index (χ4n) is 2.38. The van der Waals surface area contributed by atoms with E-state index in [0.717, 1.165) is 4.57 Å². The molecule has 0 aliphatic rings. The molecule has 28 heavy (non-hydrogen) atoms. The molecule has 9 nitrogen and oxygen atoms in total. The van der Waals surface area contributed by atoms with Gasteiger partial charge in [0.05, 0.1) is 15.6 Å². The molecule has 2 heterocycles. The Bertz CT molecular complexity index is 1090. The number of nitrogens with zero attached hydrogens (tertiary/aromatic N) is 5. The first kappa shape index (κ1) is 19.6. The topological polar surface area (TPSA) is 106 Å². The highest BCUT2D eigenvalue weighted by atomic mass is 35.5. The summed E-state index contributed by atoms with van der Waals surface area (Å²) in [4.78, 5) is 38.1. The van der Waals surface area contributed by atoms with E-state index in [0.29, 0.717) is 13.1 Å². The lowest BCUT2D eigenvalue weighted by Gasteiger charge is -2.19. The van der Waals surface area contributed by atoms with Gasteiger partial charge in [-0.15, -0.1) is 18.1 Å². The third-order valence-electron chi connectivity index (χ3n) is 3.54. The molecule has 0 saturated carbocycles. The monoisotopic (exact) mass is 420 g/mol. The van der Waals surface area contributed by atoms with Gasteiger partial charge in [-0.2, -0.15) is 9.97 Å². The van der Waals surface area contributed by atoms with Crippen molar-refractivity contribution in [1.82, 2.24) is 19.5 Å². The van der Waals surface area contributed by atoms with Crippen LogP contribution in [0.5, 0.6) is 0 Å². The molecule has 0 aliphatic heterocycles. The number of aromatic nitrogens is 4. The van der Waals surface area contributed by atoms with E-state index in [1.54, 1.807) is 23.1 Å². The molecule has 1 aromatic carbocycles. The molecule has 11 heteroatoms. The molecule has 0 atom stereocenters. The van der Waals surface area contributed by atoms with Crippen molar-refractivity contribution in [2.24, 2.45) is 0 Å². The third-order valence-corrected chi connectivity index (χ3v) is 4.17. The highest BCUT2D eigenvalue weighted by molar-refractivity contribution is 6.40. The van der Waals surface area contributed by atoms with Crippen LogP contribution in [0, 0.1) is 0 Å². The molecule has 0 aliphatic carbocycles. The van der Waals surface area contributed by atoms with Crippen LogP contribution in [0.25, 0.3) is 5.78 Å². The Labute approximate surface area is 168 Å². The van der Waals surface area contributed by atoms with Crippen molar-refractivity contribution >= 4 is 46.8 Å². The summed E-state index contributed by atoms with van der Waals surface area (Å²) in [5, 5.41) is 2.84. The summed E-state index contributed by atoms with van der Waals surface area (Å²) in [5.41, 5.74) is 0.0515. The number of carbonyl (C=O) groups is 1. The lowest BCUT2D eigenvalue weighted by molar-refractivity contribution is 0.102. The van der Waals surface area contributed by atoms with E-state index in [9.17, 15) is 9.59 Å². The second kappa shape index (κ2) is 8.24. The van der Waals surface area contributed by atoms with Crippen LogP contribution < -0.4 is 16.0 Å². The molecule has 2 aromatic heterocycles. The summed E-state index contributed by atoms with van der Waals surface area (Å²) in [5.74, 6) is -1.54. The molecule has 0 saturated heterocycles. The normalized spacial score (nSPS) is 10.6. The van der Waals surface area contributed by atoms with Crippen LogP contribution in [-0.4, -0.2) is 38.5 Å². The van der Waals surface area contributed by atoms with E-state index in [1.165, 1.54) is 12.1 Å². The molecule has 0 bridgehead atoms. The van der Waals surface area contributed by atoms with Crippen molar-refractivity contribution < 1.29 is 9.32 Å². The van der Waals surface area contributed by atoms with Gasteiger partial charge in [0.15, 0.2) is 0 Å². The van der Waals surface area contributed by atoms with Crippen LogP contribution in [-0.2, 0) is 0 Å². The van der Waals surface area contributed by atoms with Crippen molar-refractivity contribution in [1.29, 1.82) is 0 Å². The van der Waals surface area contributed by atoms with Gasteiger partial charge in [-0.1, -0.05) is 46.0 Å². The van der Waals surface area contributed by atoms with Crippen molar-refractivity contribution in [2.75, 3.05) is 23.3 Å². The summed E-state index contributed by atoms with van der Waals surface area (Å²) in [6, 6.07) is 4.66. The Kier molecular flexibility index (Phi) is 5.76. The number of hydrogen-bond donors (Lipinski definition) is 1. The molecule has 1 amide bonds. The predicted molar refractivity (Wildman–Crippen MR) is 106 cm³/mol. The van der Waals surface area contributed by atoms with E-state index in [1.807, 2.05) is 0 Å². The van der Waals surface area contributed by atoms with E-state index < -0.39 is 11.7 Å². The number of fused-ring (bicyclic) bond motifs is 1. The highest BCUT2D eigenvalue weighted by Crippen LogP contribution is 2.25. The molecular weight excluding hydrogens is 407 g/mol. The molecule has 0 fully saturated rings. The van der Waals surface area contributed by atoms with E-state index in [4.69, 9.17) is 27.7 Å². The van der Waals surface area contributed by atoms with Gasteiger partial charge in [0.1, 0.15) is 0 Å². The van der Waals surface area contributed by atoms with Gasteiger partial charge in [0, 0.05) is 13.1 Å². The number of carbonyl (C=O) groups excluding carboxylic acids is 1. The molecular formula is C17H14Cl2N6O3. The minimum atomic E-state index is -0.892. The van der Waals surface area contributed by atoms with Crippen molar-refractivity contribution in [3.63, 3.8) is 0 Å². The van der Waals surface area contributed by atoms with Crippen LogP contribution in [0.15, 0.2) is 52.8 Å². The van der Waals surface area contributed by atoms with Crippen LogP contribution in [0.1, 0.15) is 10.4 Å². The SMILES string of the molecule is C=CCN(CC=C)c1nc(NC(=O)c2c(Cl)cccc2Cl)n2oc(=O)nc2n1. The fraction of sp³-hybridized carbons (Fsp3) is 0.118. The lowest BCUT2D eigenvalue weighted by Crippen LogP contribution is -2.27. The average molecular weight is 421 g/mol.